The highest BCUT2D eigenvalue weighted by Gasteiger charge is 2.19. The third-order valence-electron chi connectivity index (χ3n) is 4.17. The van der Waals surface area contributed by atoms with Gasteiger partial charge in [0, 0.05) is 25.5 Å². The Kier molecular flexibility index (Phi) is 5.37. The fourth-order valence-corrected chi connectivity index (χ4v) is 3.79. The highest BCUT2D eigenvalue weighted by Crippen LogP contribution is 2.28. The van der Waals surface area contributed by atoms with Gasteiger partial charge >= 0.3 is 5.97 Å². The number of aryl methyl sites for hydroxylation is 2. The first kappa shape index (κ1) is 18.1. The second kappa shape index (κ2) is 7.70. The van der Waals surface area contributed by atoms with Crippen LogP contribution in [0.3, 0.4) is 0 Å². The Morgan fingerprint density at radius 1 is 1.27 bits per heavy atom. The van der Waals surface area contributed by atoms with E-state index >= 15 is 0 Å². The Bertz CT molecular complexity index is 896. The first-order chi connectivity index (χ1) is 12.5. The van der Waals surface area contributed by atoms with Gasteiger partial charge in [0.15, 0.2) is 6.61 Å². The summed E-state index contributed by atoms with van der Waals surface area (Å²) < 4.78 is 6.99. The summed E-state index contributed by atoms with van der Waals surface area (Å²) in [5, 5.41) is 5.25. The SMILES string of the molecule is CCN(Cc1ccccc1)C(=O)COC(=O)c1cc2c(C)nn(C)c2s1. The number of benzene rings is 1. The van der Waals surface area contributed by atoms with Gasteiger partial charge in [0.25, 0.3) is 5.91 Å². The van der Waals surface area contributed by atoms with Crippen LogP contribution in [0, 0.1) is 6.92 Å². The lowest BCUT2D eigenvalue weighted by atomic mass is 10.2. The predicted molar refractivity (Wildman–Crippen MR) is 101 cm³/mol. The third-order valence-corrected chi connectivity index (χ3v) is 5.36. The fourth-order valence-electron chi connectivity index (χ4n) is 2.78. The number of hydrogen-bond acceptors (Lipinski definition) is 5. The van der Waals surface area contributed by atoms with Crippen LogP contribution in [-0.2, 0) is 23.1 Å². The van der Waals surface area contributed by atoms with Crippen molar-refractivity contribution < 1.29 is 14.3 Å². The van der Waals surface area contributed by atoms with E-state index in [0.717, 1.165) is 21.5 Å². The Hall–Kier alpha value is -2.67. The van der Waals surface area contributed by atoms with Crippen LogP contribution in [0.4, 0.5) is 0 Å². The second-order valence-electron chi connectivity index (χ2n) is 6.01. The van der Waals surface area contributed by atoms with Crippen LogP contribution in [0.15, 0.2) is 36.4 Å². The van der Waals surface area contributed by atoms with Gasteiger partial charge < -0.3 is 9.64 Å². The molecule has 3 aromatic rings. The lowest BCUT2D eigenvalue weighted by Crippen LogP contribution is -2.34. The van der Waals surface area contributed by atoms with E-state index in [-0.39, 0.29) is 12.5 Å². The zero-order valence-corrected chi connectivity index (χ0v) is 15.9. The van der Waals surface area contributed by atoms with Crippen molar-refractivity contribution in [2.24, 2.45) is 7.05 Å². The number of nitrogens with zero attached hydrogens (tertiary/aromatic N) is 3. The van der Waals surface area contributed by atoms with Crippen LogP contribution < -0.4 is 0 Å². The van der Waals surface area contributed by atoms with Gasteiger partial charge in [-0.1, -0.05) is 30.3 Å². The Balaban J connectivity index is 1.61. The molecule has 0 fully saturated rings. The normalized spacial score (nSPS) is 10.9. The van der Waals surface area contributed by atoms with Crippen molar-refractivity contribution in [3.63, 3.8) is 0 Å². The van der Waals surface area contributed by atoms with Gasteiger partial charge in [0.05, 0.1) is 5.69 Å². The molecule has 0 unspecified atom stereocenters. The van der Waals surface area contributed by atoms with Gasteiger partial charge in [-0.25, -0.2) is 4.79 Å². The molecular formula is C19H21N3O3S. The monoisotopic (exact) mass is 371 g/mol. The molecule has 0 saturated carbocycles. The molecule has 6 nitrogen and oxygen atoms in total. The summed E-state index contributed by atoms with van der Waals surface area (Å²) in [6, 6.07) is 11.5. The minimum absolute atomic E-state index is 0.205. The van der Waals surface area contributed by atoms with Crippen LogP contribution in [-0.4, -0.2) is 39.7 Å². The molecule has 7 heteroatoms. The smallest absolute Gasteiger partial charge is 0.348 e. The maximum absolute atomic E-state index is 12.4. The molecule has 0 atom stereocenters. The molecular weight excluding hydrogens is 350 g/mol. The first-order valence-electron chi connectivity index (χ1n) is 8.41. The van der Waals surface area contributed by atoms with E-state index in [4.69, 9.17) is 4.74 Å². The van der Waals surface area contributed by atoms with Crippen molar-refractivity contribution in [3.05, 3.63) is 52.5 Å². The van der Waals surface area contributed by atoms with Crippen molar-refractivity contribution in [1.29, 1.82) is 0 Å². The van der Waals surface area contributed by atoms with Gasteiger partial charge in [0.2, 0.25) is 0 Å². The molecule has 0 saturated heterocycles. The van der Waals surface area contributed by atoms with E-state index in [1.54, 1.807) is 15.6 Å². The molecule has 0 aliphatic heterocycles. The molecule has 2 heterocycles. The van der Waals surface area contributed by atoms with E-state index in [2.05, 4.69) is 5.10 Å². The van der Waals surface area contributed by atoms with Gasteiger partial charge in [-0.05, 0) is 25.5 Å². The number of carbonyl (C=O) groups excluding carboxylic acids is 2. The van der Waals surface area contributed by atoms with Crippen LogP contribution in [0.25, 0.3) is 10.2 Å². The lowest BCUT2D eigenvalue weighted by molar-refractivity contribution is -0.134. The Morgan fingerprint density at radius 3 is 2.65 bits per heavy atom. The first-order valence-corrected chi connectivity index (χ1v) is 9.23. The van der Waals surface area contributed by atoms with E-state index in [1.165, 1.54) is 11.3 Å². The van der Waals surface area contributed by atoms with Crippen molar-refractivity contribution in [2.45, 2.75) is 20.4 Å². The highest BCUT2D eigenvalue weighted by atomic mass is 32.1. The lowest BCUT2D eigenvalue weighted by Gasteiger charge is -2.20. The van der Waals surface area contributed by atoms with E-state index < -0.39 is 5.97 Å². The van der Waals surface area contributed by atoms with E-state index in [1.807, 2.05) is 51.2 Å². The molecule has 1 amide bonds. The van der Waals surface area contributed by atoms with Crippen LogP contribution in [0.5, 0.6) is 0 Å². The summed E-state index contributed by atoms with van der Waals surface area (Å²) in [7, 11) is 1.84. The van der Waals surface area contributed by atoms with Crippen LogP contribution in [0.1, 0.15) is 27.9 Å². The molecule has 0 aliphatic carbocycles. The molecule has 2 aromatic heterocycles. The molecule has 26 heavy (non-hydrogen) atoms. The van der Waals surface area contributed by atoms with Gasteiger partial charge in [-0.3, -0.25) is 9.48 Å². The van der Waals surface area contributed by atoms with Gasteiger partial charge in [0.1, 0.15) is 9.71 Å². The minimum Gasteiger partial charge on any atom is -0.451 e. The van der Waals surface area contributed by atoms with Crippen LogP contribution in [0.2, 0.25) is 0 Å². The van der Waals surface area contributed by atoms with Crippen molar-refractivity contribution >= 4 is 33.4 Å². The average Bonchev–Trinajstić information content (AvgIpc) is 3.20. The summed E-state index contributed by atoms with van der Waals surface area (Å²) in [6.45, 7) is 4.60. The summed E-state index contributed by atoms with van der Waals surface area (Å²) in [6.07, 6.45) is 0. The van der Waals surface area contributed by atoms with Crippen molar-refractivity contribution in [2.75, 3.05) is 13.2 Å². The number of esters is 1. The molecule has 1 aromatic carbocycles. The number of hydrogen-bond donors (Lipinski definition) is 0. The zero-order valence-electron chi connectivity index (χ0n) is 15.1. The van der Waals surface area contributed by atoms with E-state index in [9.17, 15) is 9.59 Å². The van der Waals surface area contributed by atoms with E-state index in [0.29, 0.717) is 18.0 Å². The molecule has 0 N–H and O–H groups in total. The Morgan fingerprint density at radius 2 is 2.00 bits per heavy atom. The molecule has 0 bridgehead atoms. The van der Waals surface area contributed by atoms with Gasteiger partial charge in [-0.2, -0.15) is 5.10 Å². The minimum atomic E-state index is -0.477. The average molecular weight is 371 g/mol. The topological polar surface area (TPSA) is 64.4 Å². The number of likely N-dealkylation sites (N-methyl/N-ethyl adjacent to an activating group) is 1. The third kappa shape index (κ3) is 3.77. The molecule has 136 valence electrons. The fraction of sp³-hybridized carbons (Fsp3) is 0.316. The highest BCUT2D eigenvalue weighted by molar-refractivity contribution is 7.20. The standard InChI is InChI=1S/C19H21N3O3S/c1-4-22(11-14-8-6-5-7-9-14)17(23)12-25-19(24)16-10-15-13(2)20-21(3)18(15)26-16/h5-10H,4,11-12H2,1-3H3. The van der Waals surface area contributed by atoms with Gasteiger partial charge in [-0.15, -0.1) is 11.3 Å². The molecule has 0 aliphatic rings. The maximum atomic E-state index is 12.4. The number of fused-ring (bicyclic) bond motifs is 1. The summed E-state index contributed by atoms with van der Waals surface area (Å²) in [5.41, 5.74) is 1.91. The summed E-state index contributed by atoms with van der Waals surface area (Å²) in [4.78, 5) is 27.7. The molecule has 0 spiro atoms. The number of ether oxygens (including phenoxy) is 1. The largest absolute Gasteiger partial charge is 0.451 e. The number of carbonyl (C=O) groups is 2. The molecule has 0 radical (unpaired) electrons. The summed E-state index contributed by atoms with van der Waals surface area (Å²) in [5.74, 6) is -0.682. The number of thiophene rings is 1. The maximum Gasteiger partial charge on any atom is 0.348 e. The zero-order chi connectivity index (χ0) is 18.7. The number of aromatic nitrogens is 2. The Labute approximate surface area is 156 Å². The number of amides is 1. The molecule has 3 rings (SSSR count). The quantitative estimate of drug-likeness (QED) is 0.625. The second-order valence-corrected chi connectivity index (χ2v) is 7.04. The number of rotatable bonds is 6. The van der Waals surface area contributed by atoms with Crippen molar-refractivity contribution in [3.8, 4) is 0 Å². The van der Waals surface area contributed by atoms with Crippen molar-refractivity contribution in [1.82, 2.24) is 14.7 Å². The summed E-state index contributed by atoms with van der Waals surface area (Å²) >= 11 is 1.32. The van der Waals surface area contributed by atoms with Crippen LogP contribution >= 0.6 is 11.3 Å². The predicted octanol–water partition coefficient (Wildman–Crippen LogP) is 3.15.